The van der Waals surface area contributed by atoms with E-state index in [0.717, 1.165) is 24.8 Å². The minimum atomic E-state index is 0.526. The minimum Gasteiger partial charge on any atom is -0.356 e. The van der Waals surface area contributed by atoms with Gasteiger partial charge in [-0.05, 0) is 18.8 Å². The normalized spacial score (nSPS) is 18.1. The van der Waals surface area contributed by atoms with E-state index in [-0.39, 0.29) is 0 Å². The van der Waals surface area contributed by atoms with Crippen molar-refractivity contribution in [1.29, 1.82) is 0 Å². The second kappa shape index (κ2) is 4.79. The third kappa shape index (κ3) is 2.59. The molecule has 15 heavy (non-hydrogen) atoms. The molecule has 0 atom stereocenters. The molecule has 0 bridgehead atoms. The SMILES string of the molecule is CCC1CCN(c2cc(Cl)ncn2)CC1. The Morgan fingerprint density at radius 2 is 2.13 bits per heavy atom. The maximum Gasteiger partial charge on any atom is 0.134 e. The Morgan fingerprint density at radius 1 is 1.40 bits per heavy atom. The molecule has 0 spiro atoms. The van der Waals surface area contributed by atoms with E-state index in [9.17, 15) is 0 Å². The predicted molar refractivity (Wildman–Crippen MR) is 62.3 cm³/mol. The van der Waals surface area contributed by atoms with Gasteiger partial charge in [0.05, 0.1) is 0 Å². The summed E-state index contributed by atoms with van der Waals surface area (Å²) in [6, 6.07) is 1.84. The third-order valence-electron chi connectivity index (χ3n) is 3.14. The number of aromatic nitrogens is 2. The van der Waals surface area contributed by atoms with E-state index in [4.69, 9.17) is 11.6 Å². The monoisotopic (exact) mass is 225 g/mol. The van der Waals surface area contributed by atoms with Crippen molar-refractivity contribution in [2.75, 3.05) is 18.0 Å². The summed E-state index contributed by atoms with van der Waals surface area (Å²) in [5.74, 6) is 1.85. The van der Waals surface area contributed by atoms with Crippen LogP contribution in [0.15, 0.2) is 12.4 Å². The number of rotatable bonds is 2. The van der Waals surface area contributed by atoms with Crippen LogP contribution in [-0.4, -0.2) is 23.1 Å². The van der Waals surface area contributed by atoms with Crippen LogP contribution in [-0.2, 0) is 0 Å². The Labute approximate surface area is 95.5 Å². The van der Waals surface area contributed by atoms with Crippen LogP contribution in [0.5, 0.6) is 0 Å². The summed E-state index contributed by atoms with van der Waals surface area (Å²) in [5, 5.41) is 0.526. The highest BCUT2D eigenvalue weighted by Gasteiger charge is 2.18. The number of hydrogen-bond acceptors (Lipinski definition) is 3. The smallest absolute Gasteiger partial charge is 0.134 e. The van der Waals surface area contributed by atoms with Crippen LogP contribution >= 0.6 is 11.6 Å². The molecule has 0 saturated carbocycles. The fourth-order valence-corrected chi connectivity index (χ4v) is 2.21. The quantitative estimate of drug-likeness (QED) is 0.725. The number of anilines is 1. The lowest BCUT2D eigenvalue weighted by Gasteiger charge is -2.32. The van der Waals surface area contributed by atoms with Gasteiger partial charge in [0.1, 0.15) is 17.3 Å². The van der Waals surface area contributed by atoms with Gasteiger partial charge < -0.3 is 4.90 Å². The molecule has 0 unspecified atom stereocenters. The highest BCUT2D eigenvalue weighted by atomic mass is 35.5. The van der Waals surface area contributed by atoms with E-state index < -0.39 is 0 Å². The van der Waals surface area contributed by atoms with E-state index in [1.54, 1.807) is 0 Å². The predicted octanol–water partition coefficient (Wildman–Crippen LogP) is 2.76. The highest BCUT2D eigenvalue weighted by Crippen LogP contribution is 2.24. The standard InChI is InChI=1S/C11H16ClN3/c1-2-9-3-5-15(6-4-9)11-7-10(12)13-8-14-11/h7-9H,2-6H2,1H3. The Morgan fingerprint density at radius 3 is 2.73 bits per heavy atom. The molecular weight excluding hydrogens is 210 g/mol. The van der Waals surface area contributed by atoms with E-state index in [1.165, 1.54) is 25.6 Å². The van der Waals surface area contributed by atoms with Crippen LogP contribution in [0.25, 0.3) is 0 Å². The topological polar surface area (TPSA) is 29.0 Å². The number of piperidine rings is 1. The molecule has 1 aromatic rings. The molecule has 1 aromatic heterocycles. The van der Waals surface area contributed by atoms with Gasteiger partial charge in [-0.2, -0.15) is 0 Å². The average Bonchev–Trinajstić information content (AvgIpc) is 2.29. The first kappa shape index (κ1) is 10.7. The molecule has 1 aliphatic heterocycles. The maximum atomic E-state index is 5.84. The Balaban J connectivity index is 2.01. The summed E-state index contributed by atoms with van der Waals surface area (Å²) >= 11 is 5.84. The Hall–Kier alpha value is -0.830. The lowest BCUT2D eigenvalue weighted by atomic mass is 9.94. The molecule has 0 amide bonds. The molecule has 0 N–H and O–H groups in total. The zero-order valence-electron chi connectivity index (χ0n) is 8.99. The first-order chi connectivity index (χ1) is 7.29. The highest BCUT2D eigenvalue weighted by molar-refractivity contribution is 6.29. The van der Waals surface area contributed by atoms with Gasteiger partial charge in [0, 0.05) is 19.2 Å². The molecular formula is C11H16ClN3. The van der Waals surface area contributed by atoms with Crippen molar-refractivity contribution in [3.05, 3.63) is 17.5 Å². The second-order valence-electron chi connectivity index (χ2n) is 4.04. The van der Waals surface area contributed by atoms with Gasteiger partial charge in [0.15, 0.2) is 0 Å². The Bertz CT molecular complexity index is 321. The van der Waals surface area contributed by atoms with Crippen molar-refractivity contribution in [1.82, 2.24) is 9.97 Å². The minimum absolute atomic E-state index is 0.526. The molecule has 4 heteroatoms. The average molecular weight is 226 g/mol. The first-order valence-corrected chi connectivity index (χ1v) is 5.90. The van der Waals surface area contributed by atoms with Gasteiger partial charge in [-0.15, -0.1) is 0 Å². The number of halogens is 1. The van der Waals surface area contributed by atoms with E-state index in [0.29, 0.717) is 5.15 Å². The van der Waals surface area contributed by atoms with Crippen LogP contribution in [0, 0.1) is 5.92 Å². The number of hydrogen-bond donors (Lipinski definition) is 0. The van der Waals surface area contributed by atoms with Crippen molar-refractivity contribution in [3.8, 4) is 0 Å². The molecule has 1 aliphatic rings. The molecule has 1 saturated heterocycles. The second-order valence-corrected chi connectivity index (χ2v) is 4.42. The molecule has 0 aromatic carbocycles. The fourth-order valence-electron chi connectivity index (χ4n) is 2.07. The lowest BCUT2D eigenvalue weighted by molar-refractivity contribution is 0.393. The van der Waals surface area contributed by atoms with Gasteiger partial charge in [-0.1, -0.05) is 24.9 Å². The van der Waals surface area contributed by atoms with Crippen LogP contribution in [0.1, 0.15) is 26.2 Å². The molecule has 0 aliphatic carbocycles. The van der Waals surface area contributed by atoms with Gasteiger partial charge in [0.25, 0.3) is 0 Å². The number of nitrogens with zero attached hydrogens (tertiary/aromatic N) is 3. The summed E-state index contributed by atoms with van der Waals surface area (Å²) < 4.78 is 0. The van der Waals surface area contributed by atoms with Crippen molar-refractivity contribution in [2.45, 2.75) is 26.2 Å². The summed E-state index contributed by atoms with van der Waals surface area (Å²) in [7, 11) is 0. The van der Waals surface area contributed by atoms with Crippen LogP contribution in [0.3, 0.4) is 0 Å². The first-order valence-electron chi connectivity index (χ1n) is 5.52. The molecule has 0 radical (unpaired) electrons. The van der Waals surface area contributed by atoms with Crippen LogP contribution in [0.2, 0.25) is 5.15 Å². The van der Waals surface area contributed by atoms with Crippen molar-refractivity contribution in [2.24, 2.45) is 5.92 Å². The lowest BCUT2D eigenvalue weighted by Crippen LogP contribution is -2.34. The fraction of sp³-hybridized carbons (Fsp3) is 0.636. The van der Waals surface area contributed by atoms with Crippen molar-refractivity contribution >= 4 is 17.4 Å². The van der Waals surface area contributed by atoms with Gasteiger partial charge >= 0.3 is 0 Å². The van der Waals surface area contributed by atoms with Crippen LogP contribution < -0.4 is 4.90 Å². The van der Waals surface area contributed by atoms with Crippen molar-refractivity contribution < 1.29 is 0 Å². The summed E-state index contributed by atoms with van der Waals surface area (Å²) in [4.78, 5) is 10.4. The van der Waals surface area contributed by atoms with E-state index >= 15 is 0 Å². The van der Waals surface area contributed by atoms with Crippen molar-refractivity contribution in [3.63, 3.8) is 0 Å². The van der Waals surface area contributed by atoms with Gasteiger partial charge in [-0.3, -0.25) is 0 Å². The molecule has 82 valence electrons. The van der Waals surface area contributed by atoms with E-state index in [2.05, 4.69) is 21.8 Å². The summed E-state index contributed by atoms with van der Waals surface area (Å²) in [5.41, 5.74) is 0. The Kier molecular flexibility index (Phi) is 3.41. The summed E-state index contributed by atoms with van der Waals surface area (Å²) in [6.07, 6.45) is 5.35. The largest absolute Gasteiger partial charge is 0.356 e. The van der Waals surface area contributed by atoms with E-state index in [1.807, 2.05) is 6.07 Å². The molecule has 2 heterocycles. The molecule has 3 nitrogen and oxygen atoms in total. The molecule has 1 fully saturated rings. The summed E-state index contributed by atoms with van der Waals surface area (Å²) in [6.45, 7) is 4.44. The van der Waals surface area contributed by atoms with Crippen LogP contribution in [0.4, 0.5) is 5.82 Å². The van der Waals surface area contributed by atoms with Gasteiger partial charge in [0.2, 0.25) is 0 Å². The zero-order chi connectivity index (χ0) is 10.7. The molecule has 2 rings (SSSR count). The zero-order valence-corrected chi connectivity index (χ0v) is 9.74. The maximum absolute atomic E-state index is 5.84. The third-order valence-corrected chi connectivity index (χ3v) is 3.34. The van der Waals surface area contributed by atoms with Gasteiger partial charge in [-0.25, -0.2) is 9.97 Å².